The summed E-state index contributed by atoms with van der Waals surface area (Å²) in [4.78, 5) is 0. The summed E-state index contributed by atoms with van der Waals surface area (Å²) in [5.74, 6) is 1.44. The number of hydrogen-bond donors (Lipinski definition) is 0. The monoisotopic (exact) mass is 333 g/mol. The van der Waals surface area contributed by atoms with E-state index in [1.807, 2.05) is 0 Å². The summed E-state index contributed by atoms with van der Waals surface area (Å²) >= 11 is 0. The molecule has 1 unspecified atom stereocenters. The van der Waals surface area contributed by atoms with Crippen molar-refractivity contribution in [2.75, 3.05) is 0 Å². The van der Waals surface area contributed by atoms with Crippen LogP contribution in [0.25, 0.3) is 5.57 Å². The van der Waals surface area contributed by atoms with Crippen LogP contribution in [0.1, 0.15) is 70.3 Å². The van der Waals surface area contributed by atoms with Crippen LogP contribution in [0.2, 0.25) is 0 Å². The zero-order chi connectivity index (χ0) is 17.5. The minimum atomic E-state index is -0.271. The average molecular weight is 334 g/mol. The van der Waals surface area contributed by atoms with Gasteiger partial charge in [0.05, 0.1) is 11.5 Å². The first kappa shape index (κ1) is 18.0. The third kappa shape index (κ3) is 4.24. The van der Waals surface area contributed by atoms with E-state index < -0.39 is 0 Å². The SMILES string of the molecule is CCCCCC1CCC(C2(C#N)C=CC(c3ccccc3)=CC2)CC1. The Bertz CT molecular complexity index is 640. The lowest BCUT2D eigenvalue weighted by atomic mass is 9.64. The molecule has 0 saturated heterocycles. The van der Waals surface area contributed by atoms with Crippen LogP contribution in [0.4, 0.5) is 0 Å². The number of hydrogen-bond acceptors (Lipinski definition) is 1. The van der Waals surface area contributed by atoms with E-state index >= 15 is 0 Å². The standard InChI is InChI=1S/C24H31N/c1-2-3-5-8-20-11-13-23(14-12-20)24(19-25)17-15-22(16-18-24)21-9-6-4-7-10-21/h4,6-7,9-10,15-17,20,23H,2-3,5,8,11-14,18H2,1H3. The van der Waals surface area contributed by atoms with E-state index in [0.29, 0.717) is 5.92 Å². The number of unbranched alkanes of at least 4 members (excludes halogenated alkanes) is 2. The van der Waals surface area contributed by atoms with Gasteiger partial charge in [-0.05, 0) is 42.2 Å². The summed E-state index contributed by atoms with van der Waals surface area (Å²) in [5.41, 5.74) is 2.25. The topological polar surface area (TPSA) is 23.8 Å². The molecular weight excluding hydrogens is 302 g/mol. The van der Waals surface area contributed by atoms with Crippen molar-refractivity contribution in [3.05, 3.63) is 54.1 Å². The van der Waals surface area contributed by atoms with E-state index in [4.69, 9.17) is 0 Å². The zero-order valence-electron chi connectivity index (χ0n) is 15.6. The van der Waals surface area contributed by atoms with Crippen molar-refractivity contribution in [1.29, 1.82) is 5.26 Å². The molecule has 1 saturated carbocycles. The average Bonchev–Trinajstić information content (AvgIpc) is 2.69. The van der Waals surface area contributed by atoms with Crippen molar-refractivity contribution in [1.82, 2.24) is 0 Å². The van der Waals surface area contributed by atoms with Gasteiger partial charge in [0.15, 0.2) is 0 Å². The van der Waals surface area contributed by atoms with Crippen molar-refractivity contribution in [2.45, 2.75) is 64.7 Å². The molecule has 1 heteroatoms. The Hall–Kier alpha value is -1.81. The summed E-state index contributed by atoms with van der Waals surface area (Å²) in [6.07, 6.45) is 18.1. The fourth-order valence-corrected chi connectivity index (χ4v) is 4.62. The first-order chi connectivity index (χ1) is 12.3. The Kier molecular flexibility index (Phi) is 6.14. The van der Waals surface area contributed by atoms with Crippen LogP contribution in [-0.4, -0.2) is 0 Å². The van der Waals surface area contributed by atoms with E-state index in [2.05, 4.69) is 61.6 Å². The molecule has 0 radical (unpaired) electrons. The van der Waals surface area contributed by atoms with Crippen LogP contribution in [0.3, 0.4) is 0 Å². The highest BCUT2D eigenvalue weighted by Crippen LogP contribution is 2.47. The first-order valence-electron chi connectivity index (χ1n) is 10.1. The number of benzene rings is 1. The van der Waals surface area contributed by atoms with Gasteiger partial charge in [-0.1, -0.05) is 94.0 Å². The van der Waals surface area contributed by atoms with Crippen LogP contribution in [0.5, 0.6) is 0 Å². The predicted molar refractivity (Wildman–Crippen MR) is 106 cm³/mol. The molecule has 1 atom stereocenters. The summed E-state index contributed by atoms with van der Waals surface area (Å²) in [5, 5.41) is 9.96. The van der Waals surface area contributed by atoms with E-state index in [9.17, 15) is 5.26 Å². The highest BCUT2D eigenvalue weighted by molar-refractivity contribution is 5.75. The molecule has 25 heavy (non-hydrogen) atoms. The summed E-state index contributed by atoms with van der Waals surface area (Å²) < 4.78 is 0. The molecule has 132 valence electrons. The van der Waals surface area contributed by atoms with Crippen molar-refractivity contribution >= 4 is 5.57 Å². The Labute approximate surface area is 153 Å². The Balaban J connectivity index is 1.60. The summed E-state index contributed by atoms with van der Waals surface area (Å²) in [6.45, 7) is 2.28. The Morgan fingerprint density at radius 1 is 1.08 bits per heavy atom. The fourth-order valence-electron chi connectivity index (χ4n) is 4.62. The van der Waals surface area contributed by atoms with Gasteiger partial charge >= 0.3 is 0 Å². The van der Waals surface area contributed by atoms with Gasteiger partial charge in [-0.2, -0.15) is 5.26 Å². The van der Waals surface area contributed by atoms with E-state index in [1.165, 1.54) is 62.5 Å². The second-order valence-electron chi connectivity index (χ2n) is 7.93. The van der Waals surface area contributed by atoms with Crippen LogP contribution >= 0.6 is 0 Å². The Morgan fingerprint density at radius 3 is 2.44 bits per heavy atom. The van der Waals surface area contributed by atoms with Crippen molar-refractivity contribution in [3.63, 3.8) is 0 Å². The fraction of sp³-hybridized carbons (Fsp3) is 0.542. The third-order valence-electron chi connectivity index (χ3n) is 6.33. The lowest BCUT2D eigenvalue weighted by Crippen LogP contribution is -2.31. The quantitative estimate of drug-likeness (QED) is 0.518. The molecule has 0 aliphatic heterocycles. The summed E-state index contributed by atoms with van der Waals surface area (Å²) in [7, 11) is 0. The minimum absolute atomic E-state index is 0.271. The highest BCUT2D eigenvalue weighted by atomic mass is 14.4. The van der Waals surface area contributed by atoms with Crippen LogP contribution in [-0.2, 0) is 0 Å². The van der Waals surface area contributed by atoms with Gasteiger partial charge in [-0.3, -0.25) is 0 Å². The maximum absolute atomic E-state index is 9.96. The van der Waals surface area contributed by atoms with Gasteiger partial charge in [0.25, 0.3) is 0 Å². The van der Waals surface area contributed by atoms with Crippen LogP contribution in [0, 0.1) is 28.6 Å². The van der Waals surface area contributed by atoms with E-state index in [-0.39, 0.29) is 5.41 Å². The maximum Gasteiger partial charge on any atom is 0.0819 e. The van der Waals surface area contributed by atoms with Crippen molar-refractivity contribution in [3.8, 4) is 6.07 Å². The molecule has 0 spiro atoms. The van der Waals surface area contributed by atoms with E-state index in [0.717, 1.165) is 12.3 Å². The number of nitrogens with zero attached hydrogens (tertiary/aromatic N) is 1. The molecule has 1 nitrogen and oxygen atoms in total. The second-order valence-corrected chi connectivity index (χ2v) is 7.93. The molecule has 1 fully saturated rings. The van der Waals surface area contributed by atoms with Crippen molar-refractivity contribution in [2.24, 2.45) is 17.3 Å². The van der Waals surface area contributed by atoms with Gasteiger partial charge in [-0.15, -0.1) is 0 Å². The maximum atomic E-state index is 9.96. The molecular formula is C24H31N. The second kappa shape index (κ2) is 8.52. The van der Waals surface area contributed by atoms with E-state index in [1.54, 1.807) is 0 Å². The zero-order valence-corrected chi connectivity index (χ0v) is 15.6. The molecule has 0 heterocycles. The minimum Gasteiger partial charge on any atom is -0.197 e. The van der Waals surface area contributed by atoms with Gasteiger partial charge < -0.3 is 0 Å². The number of rotatable bonds is 6. The smallest absolute Gasteiger partial charge is 0.0819 e. The molecule has 3 rings (SSSR count). The molecule has 0 amide bonds. The lowest BCUT2D eigenvalue weighted by molar-refractivity contribution is 0.180. The van der Waals surface area contributed by atoms with Crippen LogP contribution < -0.4 is 0 Å². The molecule has 1 aromatic rings. The van der Waals surface area contributed by atoms with Crippen molar-refractivity contribution < 1.29 is 0 Å². The molecule has 1 aromatic carbocycles. The third-order valence-corrected chi connectivity index (χ3v) is 6.33. The number of allylic oxidation sites excluding steroid dienone is 4. The summed E-state index contributed by atoms with van der Waals surface area (Å²) in [6, 6.07) is 13.2. The van der Waals surface area contributed by atoms with Gasteiger partial charge in [0.2, 0.25) is 0 Å². The Morgan fingerprint density at radius 2 is 1.84 bits per heavy atom. The first-order valence-corrected chi connectivity index (χ1v) is 10.1. The largest absolute Gasteiger partial charge is 0.197 e. The highest BCUT2D eigenvalue weighted by Gasteiger charge is 2.39. The van der Waals surface area contributed by atoms with Gasteiger partial charge in [0.1, 0.15) is 0 Å². The van der Waals surface area contributed by atoms with Gasteiger partial charge in [0, 0.05) is 0 Å². The number of nitriles is 1. The molecule has 0 N–H and O–H groups in total. The van der Waals surface area contributed by atoms with Crippen LogP contribution in [0.15, 0.2) is 48.6 Å². The molecule has 2 aliphatic rings. The molecule has 0 bridgehead atoms. The lowest BCUT2D eigenvalue weighted by Gasteiger charge is -2.38. The van der Waals surface area contributed by atoms with Gasteiger partial charge in [-0.25, -0.2) is 0 Å². The molecule has 2 aliphatic carbocycles. The molecule has 0 aromatic heterocycles. The normalized spacial score (nSPS) is 29.0. The predicted octanol–water partition coefficient (Wildman–Crippen LogP) is 6.93.